The van der Waals surface area contributed by atoms with Crippen molar-refractivity contribution in [1.29, 1.82) is 0 Å². The van der Waals surface area contributed by atoms with E-state index in [0.29, 0.717) is 97.7 Å². The van der Waals surface area contributed by atoms with Gasteiger partial charge in [0.15, 0.2) is 0 Å². The summed E-state index contributed by atoms with van der Waals surface area (Å²) in [5.74, 6) is 0.794. The van der Waals surface area contributed by atoms with Gasteiger partial charge < -0.3 is 0 Å². The molecule has 410 valence electrons. The molecular weight excluding hydrogens is 1190 g/mol. The Kier molecular flexibility index (Phi) is 15.5. The molecule has 0 saturated carbocycles. The van der Waals surface area contributed by atoms with E-state index in [1.165, 1.54) is 36.4 Å². The number of amides is 4. The van der Waals surface area contributed by atoms with Crippen LogP contribution in [0.25, 0.3) is 11.3 Å². The number of anilines is 4. The number of carbonyl (C=O) groups is 4. The summed E-state index contributed by atoms with van der Waals surface area (Å²) in [6.45, 7) is 7.11. The minimum atomic E-state index is -3.67. The fourth-order valence-electron chi connectivity index (χ4n) is 10.8. The zero-order chi connectivity index (χ0) is 54.5. The molecule has 4 amide bonds. The quantitative estimate of drug-likeness (QED) is 0.0692. The molecule has 6 aromatic rings. The Morgan fingerprint density at radius 1 is 0.584 bits per heavy atom. The monoisotopic (exact) mass is 1240 g/mol. The number of aromatic nitrogens is 6. The molecule has 4 aromatic heterocycles. The fraction of sp³-hybridized carbons (Fsp3) is 0.440. The number of aryl methyl sites for hydroxylation is 2. The Morgan fingerprint density at radius 2 is 1.00 bits per heavy atom. The van der Waals surface area contributed by atoms with E-state index >= 15 is 0 Å². The standard InChI is InChI=1S/C50H58Cl2IN14O8S2/c1-29-25-66-43(23-39(58-66)41-9-5-7-17-64(41)47(68)35-21-31(51)11-13-37(35)60-76(3,72)73)56-45(29)62-19-15-33(27-62)54-49(70)53-50(71)55-34-16-20-63(28-34)46-30(2)26-67-44(57-46)24-40(59-67)42-10-6-8-18-65(42)48(69)36-22-32(52)12-14-38(36)61-77(4,74)75/h11-14,21-26,33-34,41-42,60-61H,5-10,15-20,27-28H2,1-4H3,(H,54,70)(H,55,71)/q-1. The number of hydrogen-bond donors (Lipinski definition) is 4. The molecule has 4 atom stereocenters. The van der Waals surface area contributed by atoms with Crippen molar-refractivity contribution in [1.82, 2.24) is 49.6 Å². The van der Waals surface area contributed by atoms with E-state index in [1.54, 1.807) is 18.8 Å². The van der Waals surface area contributed by atoms with E-state index in [1.807, 2.05) is 38.4 Å². The molecule has 0 radical (unpaired) electrons. The Bertz CT molecular complexity index is 3340. The third-order valence-corrected chi connectivity index (χ3v) is 17.5. The first-order valence-corrected chi connectivity index (χ1v) is 32.0. The van der Waals surface area contributed by atoms with Crippen LogP contribution in [-0.2, 0) is 20.0 Å². The van der Waals surface area contributed by atoms with Gasteiger partial charge in [-0.1, -0.05) is 23.2 Å². The summed E-state index contributed by atoms with van der Waals surface area (Å²) in [4.78, 5) is 72.6. The van der Waals surface area contributed by atoms with Gasteiger partial charge in [0.25, 0.3) is 11.8 Å². The first kappa shape index (κ1) is 54.3. The molecule has 0 aliphatic carbocycles. The number of benzene rings is 2. The van der Waals surface area contributed by atoms with Crippen molar-refractivity contribution in [3.63, 3.8) is 0 Å². The van der Waals surface area contributed by atoms with Crippen LogP contribution in [0.3, 0.4) is 0 Å². The molecule has 4 saturated heterocycles. The van der Waals surface area contributed by atoms with Gasteiger partial charge in [-0.3, -0.25) is 19.0 Å². The number of nitrogens with one attached hydrogen (secondary N) is 4. The van der Waals surface area contributed by atoms with Crippen LogP contribution in [0.5, 0.6) is 0 Å². The molecule has 0 spiro atoms. The molecule has 0 bridgehead atoms. The summed E-state index contributed by atoms with van der Waals surface area (Å²) in [5, 5.41) is 16.5. The van der Waals surface area contributed by atoms with E-state index in [9.17, 15) is 36.0 Å². The zero-order valence-electron chi connectivity index (χ0n) is 42.7. The second-order valence-electron chi connectivity index (χ2n) is 20.2. The van der Waals surface area contributed by atoms with Crippen LogP contribution in [0.1, 0.15) is 107 Å². The van der Waals surface area contributed by atoms with Crippen LogP contribution in [0, 0.1) is 13.8 Å². The number of piperidine rings is 2. The maximum atomic E-state index is 14.1. The molecular formula is C50H58Cl2IN14O8S2-. The molecule has 22 nitrogen and oxygen atoms in total. The molecule has 4 aliphatic heterocycles. The molecule has 10 rings (SSSR count). The average molecular weight is 1250 g/mol. The van der Waals surface area contributed by atoms with Gasteiger partial charge in [-0.25, -0.2) is 16.8 Å². The summed E-state index contributed by atoms with van der Waals surface area (Å²) < 4.78 is 56.4. The van der Waals surface area contributed by atoms with Gasteiger partial charge in [0.2, 0.25) is 20.0 Å². The van der Waals surface area contributed by atoms with Crippen LogP contribution in [0.4, 0.5) is 32.6 Å². The maximum absolute atomic E-state index is 14.1. The van der Waals surface area contributed by atoms with Crippen molar-refractivity contribution in [3.05, 3.63) is 105 Å². The van der Waals surface area contributed by atoms with Crippen molar-refractivity contribution >= 4 is 97.2 Å². The molecule has 8 heterocycles. The van der Waals surface area contributed by atoms with E-state index < -0.39 is 41.3 Å². The molecule has 4 N–H and O–H groups in total. The van der Waals surface area contributed by atoms with Crippen LogP contribution >= 0.6 is 23.2 Å². The number of rotatable bonds is 14. The molecule has 77 heavy (non-hydrogen) atoms. The Labute approximate surface area is 466 Å². The average Bonchev–Trinajstić information content (AvgIpc) is 4.22. The van der Waals surface area contributed by atoms with E-state index in [2.05, 4.69) is 29.9 Å². The van der Waals surface area contributed by atoms with E-state index in [0.717, 1.165) is 61.0 Å². The van der Waals surface area contributed by atoms with Crippen molar-refractivity contribution in [2.75, 3.05) is 71.0 Å². The van der Waals surface area contributed by atoms with E-state index in [-0.39, 0.29) is 66.3 Å². The van der Waals surface area contributed by atoms with Crippen LogP contribution < -0.4 is 51.1 Å². The van der Waals surface area contributed by atoms with Gasteiger partial charge >= 0.3 is 258 Å². The molecule has 4 unspecified atom stereocenters. The van der Waals surface area contributed by atoms with Gasteiger partial charge in [0.05, 0.1) is 35.0 Å². The van der Waals surface area contributed by atoms with Gasteiger partial charge in [-0.2, -0.15) is 0 Å². The Hall–Kier alpha value is -6.03. The molecule has 2 aromatic carbocycles. The topological polar surface area (TPSA) is 258 Å². The number of fused-ring (bicyclic) bond motifs is 2. The molecule has 4 fully saturated rings. The second-order valence-corrected chi connectivity index (χ2v) is 27.1. The number of carbonyl (C=O) groups excluding carboxylic acids is 4. The third-order valence-electron chi connectivity index (χ3n) is 14.3. The second kappa shape index (κ2) is 22.0. The first-order valence-electron chi connectivity index (χ1n) is 25.3. The van der Waals surface area contributed by atoms with Gasteiger partial charge in [-0.05, 0) is 62.1 Å². The summed E-state index contributed by atoms with van der Waals surface area (Å²) in [5.41, 5.74) is 4.89. The number of sulfonamides is 2. The van der Waals surface area contributed by atoms with Crippen LogP contribution in [-0.4, -0.2) is 139 Å². The number of halogens is 3. The normalized spacial score (nSPS) is 20.3. The van der Waals surface area contributed by atoms with Crippen molar-refractivity contribution in [3.8, 4) is 0 Å². The summed E-state index contributed by atoms with van der Waals surface area (Å²) in [6.07, 6.45) is 11.8. The molecule has 27 heteroatoms. The number of nitrogens with zero attached hydrogens (tertiary/aromatic N) is 10. The summed E-state index contributed by atoms with van der Waals surface area (Å²) in [7, 11) is -7.34. The number of hydrogen-bond acceptors (Lipinski definition) is 14. The zero-order valence-corrected chi connectivity index (χ0v) is 48.0. The predicted molar refractivity (Wildman–Crippen MR) is 289 cm³/mol. The molecule has 4 aliphatic rings. The fourth-order valence-corrected chi connectivity index (χ4v) is 14.0. The third kappa shape index (κ3) is 12.3. The van der Waals surface area contributed by atoms with Crippen molar-refractivity contribution in [2.24, 2.45) is 0 Å². The van der Waals surface area contributed by atoms with Gasteiger partial charge in [-0.15, -0.1) is 0 Å². The Balaban J connectivity index is 0.736. The Morgan fingerprint density at radius 3 is 1.40 bits per heavy atom. The summed E-state index contributed by atoms with van der Waals surface area (Å²) in [6, 6.07) is 11.6. The predicted octanol–water partition coefficient (Wildman–Crippen LogP) is 3.54. The minimum absolute atomic E-state index is 0.152. The van der Waals surface area contributed by atoms with Gasteiger partial charge in [0, 0.05) is 23.1 Å². The van der Waals surface area contributed by atoms with Crippen LogP contribution in [0.15, 0.2) is 60.9 Å². The number of likely N-dealkylation sites (tertiary alicyclic amines) is 2. The van der Waals surface area contributed by atoms with Gasteiger partial charge in [0.1, 0.15) is 0 Å². The van der Waals surface area contributed by atoms with Crippen molar-refractivity contribution in [2.45, 2.75) is 89.4 Å². The van der Waals surface area contributed by atoms with E-state index in [4.69, 9.17) is 43.4 Å². The first-order chi connectivity index (χ1) is 36.6. The van der Waals surface area contributed by atoms with Crippen molar-refractivity contribution < 1.29 is 57.2 Å². The SMILES string of the molecule is Cc1cn2nc(C3CCCCN3C(=O)c3cc(Cl)ccc3NS(C)(=O)=O)cc2nc1N1CCC(NC(=O)[I-]C(=O)NC2CCN(c3nc4cc(C5CCCCN5C(=O)c5cc(Cl)ccc5NS(C)(=O)=O)nn4cc3C)C2)C1. The van der Waals surface area contributed by atoms with Crippen LogP contribution in [0.2, 0.25) is 10.0 Å². The summed E-state index contributed by atoms with van der Waals surface area (Å²) >= 11 is 11.0.